The zero-order valence-corrected chi connectivity index (χ0v) is 12.2. The van der Waals surface area contributed by atoms with Gasteiger partial charge in [0.25, 0.3) is 0 Å². The fourth-order valence-electron chi connectivity index (χ4n) is 2.02. The lowest BCUT2D eigenvalue weighted by Crippen LogP contribution is -2.32. The summed E-state index contributed by atoms with van der Waals surface area (Å²) in [5, 5.41) is 3.17. The van der Waals surface area contributed by atoms with Crippen molar-refractivity contribution in [3.8, 4) is 0 Å². The van der Waals surface area contributed by atoms with Crippen molar-refractivity contribution in [3.05, 3.63) is 30.5 Å². The number of hydrogen-bond donors (Lipinski definition) is 1. The van der Waals surface area contributed by atoms with E-state index in [4.69, 9.17) is 0 Å². The molecule has 0 atom stereocenters. The minimum Gasteiger partial charge on any atom is -0.341 e. The Morgan fingerprint density at radius 2 is 1.89 bits per heavy atom. The van der Waals surface area contributed by atoms with Crippen LogP contribution in [-0.4, -0.2) is 16.6 Å². The van der Waals surface area contributed by atoms with Crippen LogP contribution in [0.1, 0.15) is 38.7 Å². The highest BCUT2D eigenvalue weighted by molar-refractivity contribution is 5.76. The summed E-state index contributed by atoms with van der Waals surface area (Å²) in [5.74, 6) is 2.79. The molecule has 0 amide bonds. The highest BCUT2D eigenvalue weighted by Gasteiger charge is 2.25. The summed E-state index contributed by atoms with van der Waals surface area (Å²) in [7, 11) is 1.96. The molecular weight excluding hydrogens is 224 g/mol. The monoisotopic (exact) mass is 248 g/mol. The highest BCUT2D eigenvalue weighted by atomic mass is 15.3. The van der Waals surface area contributed by atoms with Crippen molar-refractivity contribution >= 4 is 11.5 Å². The van der Waals surface area contributed by atoms with Crippen molar-refractivity contribution < 1.29 is 0 Å². The molecule has 0 spiro atoms. The van der Waals surface area contributed by atoms with Gasteiger partial charge in [-0.3, -0.25) is 0 Å². The van der Waals surface area contributed by atoms with Crippen LogP contribution in [0.2, 0.25) is 0 Å². The molecule has 4 heteroatoms. The predicted octanol–water partition coefficient (Wildman–Crippen LogP) is 3.11. The molecule has 1 aromatic heterocycles. The summed E-state index contributed by atoms with van der Waals surface area (Å²) in [6.07, 6.45) is 1.08. The second-order valence-electron chi connectivity index (χ2n) is 4.09. The Morgan fingerprint density at radius 1 is 1.28 bits per heavy atom. The topological polar surface area (TPSA) is 33.1 Å². The highest BCUT2D eigenvalue weighted by Crippen LogP contribution is 2.31. The second-order valence-corrected chi connectivity index (χ2v) is 4.09. The van der Waals surface area contributed by atoms with Crippen LogP contribution in [0.5, 0.6) is 0 Å². The number of rotatable bonds is 2. The van der Waals surface area contributed by atoms with E-state index in [0.29, 0.717) is 0 Å². The van der Waals surface area contributed by atoms with Crippen LogP contribution in [0.15, 0.2) is 19.0 Å². The van der Waals surface area contributed by atoms with Crippen molar-refractivity contribution in [3.63, 3.8) is 0 Å². The van der Waals surface area contributed by atoms with Crippen LogP contribution in [0.25, 0.3) is 5.70 Å². The van der Waals surface area contributed by atoms with E-state index in [2.05, 4.69) is 34.9 Å². The molecular formula is C14H24N4. The van der Waals surface area contributed by atoms with Crippen molar-refractivity contribution in [2.75, 3.05) is 11.9 Å². The van der Waals surface area contributed by atoms with Crippen LogP contribution in [0, 0.1) is 6.92 Å². The first kappa shape index (κ1) is 14.4. The van der Waals surface area contributed by atoms with Gasteiger partial charge in [0.15, 0.2) is 5.82 Å². The number of nitrogens with zero attached hydrogens (tertiary/aromatic N) is 3. The third-order valence-electron chi connectivity index (χ3n) is 2.89. The quantitative estimate of drug-likeness (QED) is 0.873. The molecule has 0 aliphatic carbocycles. The summed E-state index contributed by atoms with van der Waals surface area (Å²) in [6.45, 7) is 17.1. The summed E-state index contributed by atoms with van der Waals surface area (Å²) in [6, 6.07) is 0. The molecule has 0 radical (unpaired) electrons. The minimum atomic E-state index is 0.818. The summed E-state index contributed by atoms with van der Waals surface area (Å²) in [5.41, 5.74) is 1.96. The van der Waals surface area contributed by atoms with Gasteiger partial charge in [-0.05, 0) is 13.3 Å². The molecule has 18 heavy (non-hydrogen) atoms. The molecule has 4 nitrogen and oxygen atoms in total. The van der Waals surface area contributed by atoms with Crippen molar-refractivity contribution in [1.29, 1.82) is 0 Å². The molecule has 0 saturated heterocycles. The first-order valence-electron chi connectivity index (χ1n) is 6.52. The van der Waals surface area contributed by atoms with E-state index in [1.54, 1.807) is 0 Å². The maximum atomic E-state index is 4.58. The third kappa shape index (κ3) is 2.28. The zero-order valence-electron chi connectivity index (χ0n) is 12.2. The zero-order chi connectivity index (χ0) is 13.9. The summed E-state index contributed by atoms with van der Waals surface area (Å²) in [4.78, 5) is 6.54. The van der Waals surface area contributed by atoms with Gasteiger partial charge >= 0.3 is 0 Å². The van der Waals surface area contributed by atoms with E-state index < -0.39 is 0 Å². The average molecular weight is 248 g/mol. The van der Waals surface area contributed by atoms with Crippen molar-refractivity contribution in [1.82, 2.24) is 14.9 Å². The van der Waals surface area contributed by atoms with E-state index in [9.17, 15) is 0 Å². The van der Waals surface area contributed by atoms with Gasteiger partial charge in [-0.15, -0.1) is 0 Å². The molecule has 1 aliphatic heterocycles. The van der Waals surface area contributed by atoms with Gasteiger partial charge in [-0.1, -0.05) is 33.9 Å². The SMILES string of the molecule is C=C1NC(=C)N(C)c2nc(C)n(CCC)c21.CC. The number of hydrogen-bond acceptors (Lipinski definition) is 3. The molecule has 0 aromatic carbocycles. The van der Waals surface area contributed by atoms with Crippen molar-refractivity contribution in [2.24, 2.45) is 0 Å². The lowest BCUT2D eigenvalue weighted by Gasteiger charge is -2.29. The minimum absolute atomic E-state index is 0.818. The number of aryl methyl sites for hydroxylation is 1. The van der Waals surface area contributed by atoms with E-state index in [1.165, 1.54) is 0 Å². The molecule has 1 aromatic rings. The smallest absolute Gasteiger partial charge is 0.162 e. The Hall–Kier alpha value is -1.71. The number of imidazole rings is 1. The number of aromatic nitrogens is 2. The van der Waals surface area contributed by atoms with Gasteiger partial charge in [-0.2, -0.15) is 0 Å². The maximum Gasteiger partial charge on any atom is 0.162 e. The first-order valence-corrected chi connectivity index (χ1v) is 6.52. The molecule has 0 saturated carbocycles. The molecule has 0 fully saturated rings. The Bertz CT molecular complexity index is 457. The summed E-state index contributed by atoms with van der Waals surface area (Å²) < 4.78 is 2.20. The lowest BCUT2D eigenvalue weighted by atomic mass is 10.2. The largest absolute Gasteiger partial charge is 0.341 e. The van der Waals surface area contributed by atoms with Gasteiger partial charge < -0.3 is 14.8 Å². The fourth-order valence-corrected chi connectivity index (χ4v) is 2.02. The second kappa shape index (κ2) is 5.76. The van der Waals surface area contributed by atoms with Gasteiger partial charge in [-0.25, -0.2) is 4.98 Å². The first-order chi connectivity index (χ1) is 8.56. The lowest BCUT2D eigenvalue weighted by molar-refractivity contribution is 0.647. The van der Waals surface area contributed by atoms with E-state index in [-0.39, 0.29) is 0 Å². The fraction of sp³-hybridized carbons (Fsp3) is 0.500. The van der Waals surface area contributed by atoms with Gasteiger partial charge in [0.05, 0.1) is 5.70 Å². The Labute approximate surface area is 110 Å². The van der Waals surface area contributed by atoms with Crippen LogP contribution >= 0.6 is 0 Å². The molecule has 1 aliphatic rings. The predicted molar refractivity (Wildman–Crippen MR) is 78.3 cm³/mol. The van der Waals surface area contributed by atoms with E-state index >= 15 is 0 Å². The van der Waals surface area contributed by atoms with Crippen LogP contribution in [-0.2, 0) is 6.54 Å². The third-order valence-corrected chi connectivity index (χ3v) is 2.89. The van der Waals surface area contributed by atoms with Crippen LogP contribution < -0.4 is 10.2 Å². The van der Waals surface area contributed by atoms with Crippen LogP contribution in [0.3, 0.4) is 0 Å². The molecule has 100 valence electrons. The summed E-state index contributed by atoms with van der Waals surface area (Å²) >= 11 is 0. The van der Waals surface area contributed by atoms with E-state index in [1.807, 2.05) is 32.7 Å². The molecule has 2 heterocycles. The Morgan fingerprint density at radius 3 is 2.44 bits per heavy atom. The standard InChI is InChI=1S/C12H18N4.C2H6/c1-6-7-16-10(4)14-12-11(16)8(2)13-9(3)15(12)5;1-2/h13H,2-3,6-7H2,1,4-5H3;1-2H3. The van der Waals surface area contributed by atoms with Crippen LogP contribution in [0.4, 0.5) is 5.82 Å². The molecule has 1 N–H and O–H groups in total. The molecule has 0 unspecified atom stereocenters. The van der Waals surface area contributed by atoms with Crippen molar-refractivity contribution in [2.45, 2.75) is 40.7 Å². The Balaban J connectivity index is 0.000000771. The number of nitrogens with one attached hydrogen (secondary N) is 1. The number of fused-ring (bicyclic) bond motifs is 1. The van der Waals surface area contributed by atoms with E-state index in [0.717, 1.165) is 41.8 Å². The normalized spacial score (nSPS) is 13.7. The van der Waals surface area contributed by atoms with Gasteiger partial charge in [0, 0.05) is 13.6 Å². The molecule has 0 bridgehead atoms. The Kier molecular flexibility index (Phi) is 4.59. The number of anilines is 1. The van der Waals surface area contributed by atoms with Gasteiger partial charge in [0.2, 0.25) is 0 Å². The maximum absolute atomic E-state index is 4.58. The van der Waals surface area contributed by atoms with Gasteiger partial charge in [0.1, 0.15) is 17.3 Å². The molecule has 2 rings (SSSR count). The average Bonchev–Trinajstić information content (AvgIpc) is 2.68.